The van der Waals surface area contributed by atoms with Gasteiger partial charge in [-0.05, 0) is 50.2 Å². The van der Waals surface area contributed by atoms with Crippen LogP contribution in [0, 0.1) is 0 Å². The Bertz CT molecular complexity index is 527. The van der Waals surface area contributed by atoms with E-state index in [0.29, 0.717) is 6.04 Å². The van der Waals surface area contributed by atoms with Crippen LogP contribution < -0.4 is 12.4 Å². The molecule has 2 aromatic heterocycles. The van der Waals surface area contributed by atoms with Gasteiger partial charge in [0.1, 0.15) is 0 Å². The Kier molecular flexibility index (Phi) is 5.10. The molecule has 0 aliphatic carbocycles. The van der Waals surface area contributed by atoms with Crippen molar-refractivity contribution in [3.05, 3.63) is 48.4 Å². The second-order valence-electron chi connectivity index (χ2n) is 5.21. The topological polar surface area (TPSA) is 29.0 Å². The maximum atomic E-state index is 4.59. The van der Waals surface area contributed by atoms with Gasteiger partial charge in [-0.1, -0.05) is 12.5 Å². The summed E-state index contributed by atoms with van der Waals surface area (Å²) in [6, 6.07) is 8.84. The van der Waals surface area contributed by atoms with E-state index in [1.54, 1.807) is 6.20 Å². The first-order valence-electron chi connectivity index (χ1n) is 6.91. The highest BCUT2D eigenvalue weighted by molar-refractivity contribution is 5.57. The molecule has 1 aliphatic rings. The van der Waals surface area contributed by atoms with E-state index in [-0.39, 0.29) is 12.4 Å². The Morgan fingerprint density at radius 3 is 2.70 bits per heavy atom. The van der Waals surface area contributed by atoms with Crippen LogP contribution in [0.5, 0.6) is 0 Å². The maximum absolute atomic E-state index is 4.59. The van der Waals surface area contributed by atoms with Gasteiger partial charge < -0.3 is 12.4 Å². The predicted octanol–water partition coefficient (Wildman–Crippen LogP) is 0.304. The Balaban J connectivity index is 0.00000147. The summed E-state index contributed by atoms with van der Waals surface area (Å²) < 4.78 is 0. The van der Waals surface area contributed by atoms with E-state index in [1.807, 2.05) is 24.5 Å². The molecule has 20 heavy (non-hydrogen) atoms. The number of pyridine rings is 2. The summed E-state index contributed by atoms with van der Waals surface area (Å²) in [7, 11) is 2.21. The fourth-order valence-corrected chi connectivity index (χ4v) is 2.78. The lowest BCUT2D eigenvalue weighted by atomic mass is 9.97. The van der Waals surface area contributed by atoms with Crippen molar-refractivity contribution in [2.75, 3.05) is 13.6 Å². The minimum absolute atomic E-state index is 0. The van der Waals surface area contributed by atoms with Crippen LogP contribution in [-0.2, 0) is 0 Å². The molecule has 106 valence electrons. The first-order chi connectivity index (χ1) is 9.34. The molecule has 2 aromatic rings. The zero-order valence-electron chi connectivity index (χ0n) is 11.7. The van der Waals surface area contributed by atoms with Crippen molar-refractivity contribution >= 4 is 0 Å². The first-order valence-corrected chi connectivity index (χ1v) is 6.91. The van der Waals surface area contributed by atoms with Crippen LogP contribution in [0.2, 0.25) is 0 Å². The van der Waals surface area contributed by atoms with Gasteiger partial charge in [-0.2, -0.15) is 0 Å². The SMILES string of the molecule is CN1CCCCC1c1ccc(-c2cccnc2)nc1.[Cl-]. The minimum Gasteiger partial charge on any atom is -1.00 e. The van der Waals surface area contributed by atoms with Crippen molar-refractivity contribution in [3.8, 4) is 11.3 Å². The van der Waals surface area contributed by atoms with Gasteiger partial charge in [0.2, 0.25) is 0 Å². The van der Waals surface area contributed by atoms with Crippen molar-refractivity contribution in [2.24, 2.45) is 0 Å². The average molecular weight is 289 g/mol. The van der Waals surface area contributed by atoms with E-state index in [0.717, 1.165) is 11.3 Å². The van der Waals surface area contributed by atoms with Gasteiger partial charge in [0.05, 0.1) is 5.69 Å². The number of aromatic nitrogens is 2. The lowest BCUT2D eigenvalue weighted by molar-refractivity contribution is -0.00000398. The van der Waals surface area contributed by atoms with Crippen molar-refractivity contribution < 1.29 is 12.4 Å². The quantitative estimate of drug-likeness (QED) is 0.796. The van der Waals surface area contributed by atoms with E-state index in [1.165, 1.54) is 31.4 Å². The molecule has 4 heteroatoms. The van der Waals surface area contributed by atoms with Crippen molar-refractivity contribution in [1.82, 2.24) is 14.9 Å². The molecule has 3 nitrogen and oxygen atoms in total. The molecule has 1 atom stereocenters. The van der Waals surface area contributed by atoms with Gasteiger partial charge in [0.25, 0.3) is 0 Å². The number of likely N-dealkylation sites (tertiary alicyclic amines) is 1. The van der Waals surface area contributed by atoms with Crippen molar-refractivity contribution in [2.45, 2.75) is 25.3 Å². The Hall–Kier alpha value is -1.45. The van der Waals surface area contributed by atoms with Crippen LogP contribution in [0.1, 0.15) is 30.9 Å². The molecule has 3 rings (SSSR count). The van der Waals surface area contributed by atoms with E-state index in [9.17, 15) is 0 Å². The summed E-state index contributed by atoms with van der Waals surface area (Å²) in [6.45, 7) is 1.19. The van der Waals surface area contributed by atoms with Crippen LogP contribution in [0.25, 0.3) is 11.3 Å². The normalized spacial score (nSPS) is 19.4. The second kappa shape index (κ2) is 6.82. The zero-order chi connectivity index (χ0) is 13.1. The monoisotopic (exact) mass is 288 g/mol. The number of halogens is 1. The highest BCUT2D eigenvalue weighted by atomic mass is 35.5. The highest BCUT2D eigenvalue weighted by Crippen LogP contribution is 2.29. The smallest absolute Gasteiger partial charge is 0.0717 e. The van der Waals surface area contributed by atoms with Crippen LogP contribution in [0.4, 0.5) is 0 Å². The van der Waals surface area contributed by atoms with Gasteiger partial charge >= 0.3 is 0 Å². The van der Waals surface area contributed by atoms with Gasteiger partial charge in [-0.3, -0.25) is 14.9 Å². The zero-order valence-corrected chi connectivity index (χ0v) is 12.4. The molecule has 0 spiro atoms. The molecule has 0 saturated carbocycles. The number of hydrogen-bond donors (Lipinski definition) is 0. The van der Waals surface area contributed by atoms with Crippen LogP contribution in [-0.4, -0.2) is 28.5 Å². The van der Waals surface area contributed by atoms with Gasteiger partial charge in [-0.25, -0.2) is 0 Å². The van der Waals surface area contributed by atoms with Crippen LogP contribution in [0.3, 0.4) is 0 Å². The van der Waals surface area contributed by atoms with Crippen molar-refractivity contribution in [3.63, 3.8) is 0 Å². The number of hydrogen-bond acceptors (Lipinski definition) is 3. The second-order valence-corrected chi connectivity index (χ2v) is 5.21. The molecule has 1 fully saturated rings. The third-order valence-corrected chi connectivity index (χ3v) is 3.90. The largest absolute Gasteiger partial charge is 1.00 e. The molecule has 3 heterocycles. The van der Waals surface area contributed by atoms with Gasteiger partial charge in [0, 0.05) is 30.2 Å². The van der Waals surface area contributed by atoms with Crippen LogP contribution >= 0.6 is 0 Å². The third kappa shape index (κ3) is 3.17. The minimum atomic E-state index is 0. The van der Waals surface area contributed by atoms with Crippen molar-refractivity contribution in [1.29, 1.82) is 0 Å². The first kappa shape index (κ1) is 14.9. The van der Waals surface area contributed by atoms with E-state index in [2.05, 4.69) is 34.0 Å². The summed E-state index contributed by atoms with van der Waals surface area (Å²) in [6.07, 6.45) is 9.54. The fourth-order valence-electron chi connectivity index (χ4n) is 2.78. The third-order valence-electron chi connectivity index (χ3n) is 3.90. The highest BCUT2D eigenvalue weighted by Gasteiger charge is 2.20. The number of rotatable bonds is 2. The van der Waals surface area contributed by atoms with E-state index in [4.69, 9.17) is 0 Å². The Morgan fingerprint density at radius 1 is 1.15 bits per heavy atom. The van der Waals surface area contributed by atoms with Gasteiger partial charge in [-0.15, -0.1) is 0 Å². The number of piperidine rings is 1. The molecular formula is C16H19ClN3-. The molecule has 1 aliphatic heterocycles. The molecule has 0 radical (unpaired) electrons. The van der Waals surface area contributed by atoms with Gasteiger partial charge in [0.15, 0.2) is 0 Å². The molecule has 0 N–H and O–H groups in total. The summed E-state index contributed by atoms with van der Waals surface area (Å²) in [5, 5.41) is 0. The molecular weight excluding hydrogens is 270 g/mol. The Morgan fingerprint density at radius 2 is 2.05 bits per heavy atom. The summed E-state index contributed by atoms with van der Waals surface area (Å²) >= 11 is 0. The average Bonchev–Trinajstić information content (AvgIpc) is 2.49. The molecule has 0 bridgehead atoms. The molecule has 0 amide bonds. The fraction of sp³-hybridized carbons (Fsp3) is 0.375. The summed E-state index contributed by atoms with van der Waals surface area (Å²) in [4.78, 5) is 11.2. The lowest BCUT2D eigenvalue weighted by Gasteiger charge is -2.32. The maximum Gasteiger partial charge on any atom is 0.0717 e. The van der Waals surface area contributed by atoms with Crippen LogP contribution in [0.15, 0.2) is 42.9 Å². The predicted molar refractivity (Wildman–Crippen MR) is 76.7 cm³/mol. The van der Waals surface area contributed by atoms with E-state index < -0.39 is 0 Å². The molecule has 1 unspecified atom stereocenters. The van der Waals surface area contributed by atoms with E-state index >= 15 is 0 Å². The summed E-state index contributed by atoms with van der Waals surface area (Å²) in [5.74, 6) is 0. The molecule has 0 aromatic carbocycles. The standard InChI is InChI=1S/C16H19N3.ClH/c1-19-10-3-2-6-16(19)14-7-8-15(18-12-14)13-5-4-9-17-11-13;/h4-5,7-9,11-12,16H,2-3,6,10H2,1H3;1H/p-1. The lowest BCUT2D eigenvalue weighted by Crippen LogP contribution is -3.00. The molecule has 1 saturated heterocycles. The summed E-state index contributed by atoms with van der Waals surface area (Å²) in [5.41, 5.74) is 3.40. The number of nitrogens with zero attached hydrogens (tertiary/aromatic N) is 3. The Labute approximate surface area is 126 Å².